The lowest BCUT2D eigenvalue weighted by atomic mass is 9.81. The summed E-state index contributed by atoms with van der Waals surface area (Å²) in [5.41, 5.74) is 11.4. The first kappa shape index (κ1) is 34.9. The highest BCUT2D eigenvalue weighted by atomic mass is 16.3. The van der Waals surface area contributed by atoms with Crippen LogP contribution in [0, 0.1) is 0 Å². The van der Waals surface area contributed by atoms with Crippen LogP contribution in [-0.2, 0) is 5.41 Å². The Kier molecular flexibility index (Phi) is 7.32. The van der Waals surface area contributed by atoms with Crippen LogP contribution in [0.15, 0.2) is 192 Å². The molecule has 0 atom stereocenters. The summed E-state index contributed by atoms with van der Waals surface area (Å²) in [5, 5.41) is 11.7. The second-order valence-corrected chi connectivity index (χ2v) is 17.1. The Labute approximate surface area is 357 Å². The van der Waals surface area contributed by atoms with Gasteiger partial charge in [0, 0.05) is 38.4 Å². The Bertz CT molecular complexity index is 3820. The third kappa shape index (κ3) is 5.04. The zero-order valence-electron chi connectivity index (χ0n) is 34.1. The summed E-state index contributed by atoms with van der Waals surface area (Å²) in [6, 6.07) is 67.1. The van der Waals surface area contributed by atoms with Crippen molar-refractivity contribution < 1.29 is 4.42 Å². The number of furan rings is 1. The standard InChI is InChI=1S/C58H37N3O/c1-58(2)47-21-10-8-17-44(47)53-48(58)33-46(52-45-18-9-11-22-49(45)62-54(52)53)57-60-55(39-29-23-35(24-30-39)34-13-4-3-5-14-34)59-56(61-57)43-20-12-19-42-41(43)32-31-38-28-27-37-26-25-36-15-6-7-16-40(36)50(37)51(38)42/h3-33H,1-2H3. The van der Waals surface area contributed by atoms with Gasteiger partial charge in [-0.15, -0.1) is 0 Å². The van der Waals surface area contributed by atoms with Gasteiger partial charge in [-0.25, -0.2) is 15.0 Å². The van der Waals surface area contributed by atoms with Crippen LogP contribution in [0.2, 0.25) is 0 Å². The molecule has 0 N–H and O–H groups in total. The second kappa shape index (κ2) is 13.0. The van der Waals surface area contributed by atoms with Crippen LogP contribution in [0.3, 0.4) is 0 Å². The van der Waals surface area contributed by atoms with Crippen molar-refractivity contribution >= 4 is 65.0 Å². The van der Waals surface area contributed by atoms with Gasteiger partial charge >= 0.3 is 0 Å². The van der Waals surface area contributed by atoms with Gasteiger partial charge in [0.05, 0.1) is 0 Å². The molecule has 1 aliphatic rings. The predicted octanol–water partition coefficient (Wildman–Crippen LogP) is 15.4. The molecule has 290 valence electrons. The molecule has 0 bridgehead atoms. The molecule has 0 radical (unpaired) electrons. The largest absolute Gasteiger partial charge is 0.455 e. The topological polar surface area (TPSA) is 51.8 Å². The molecule has 0 saturated heterocycles. The van der Waals surface area contributed by atoms with Crippen LogP contribution in [0.25, 0.3) is 121 Å². The fraction of sp³-hybridized carbons (Fsp3) is 0.0517. The van der Waals surface area contributed by atoms with E-state index in [4.69, 9.17) is 19.4 Å². The van der Waals surface area contributed by atoms with Crippen molar-refractivity contribution in [3.8, 4) is 56.4 Å². The van der Waals surface area contributed by atoms with Crippen molar-refractivity contribution in [2.45, 2.75) is 19.3 Å². The number of nitrogens with zero attached hydrogens (tertiary/aromatic N) is 3. The van der Waals surface area contributed by atoms with Crippen molar-refractivity contribution in [2.75, 3.05) is 0 Å². The van der Waals surface area contributed by atoms with Gasteiger partial charge in [-0.2, -0.15) is 0 Å². The number of aromatic nitrogens is 3. The maximum Gasteiger partial charge on any atom is 0.164 e. The summed E-state index contributed by atoms with van der Waals surface area (Å²) in [7, 11) is 0. The molecule has 4 nitrogen and oxygen atoms in total. The van der Waals surface area contributed by atoms with Crippen LogP contribution in [0.5, 0.6) is 0 Å². The molecule has 4 heteroatoms. The van der Waals surface area contributed by atoms with E-state index in [1.54, 1.807) is 0 Å². The molecule has 0 fully saturated rings. The molecule has 13 rings (SSSR count). The third-order valence-electron chi connectivity index (χ3n) is 13.3. The Balaban J connectivity index is 1.11. The van der Waals surface area contributed by atoms with E-state index in [1.807, 2.05) is 12.1 Å². The van der Waals surface area contributed by atoms with Gasteiger partial charge < -0.3 is 4.42 Å². The van der Waals surface area contributed by atoms with Gasteiger partial charge in [0.1, 0.15) is 11.2 Å². The van der Waals surface area contributed by atoms with Gasteiger partial charge in [0.15, 0.2) is 17.5 Å². The summed E-state index contributed by atoms with van der Waals surface area (Å²) >= 11 is 0. The Morgan fingerprint density at radius 2 is 0.952 bits per heavy atom. The van der Waals surface area contributed by atoms with E-state index < -0.39 is 0 Å². The maximum absolute atomic E-state index is 6.89. The Morgan fingerprint density at radius 3 is 1.77 bits per heavy atom. The maximum atomic E-state index is 6.89. The SMILES string of the molecule is CC1(C)c2ccccc2-c2c1cc(-c1nc(-c3ccc(-c4ccccc4)cc3)nc(-c3cccc4c3ccc3ccc5ccc6ccccc6c5c34)n1)c1c2oc2ccccc21. The van der Waals surface area contributed by atoms with Gasteiger partial charge in [0.25, 0.3) is 0 Å². The average Bonchev–Trinajstić information content (AvgIpc) is 3.83. The van der Waals surface area contributed by atoms with Crippen molar-refractivity contribution in [1.29, 1.82) is 0 Å². The predicted molar refractivity (Wildman–Crippen MR) is 256 cm³/mol. The lowest BCUT2D eigenvalue weighted by Gasteiger charge is -2.22. The molecule has 2 aromatic heterocycles. The molecule has 0 spiro atoms. The van der Waals surface area contributed by atoms with Crippen LogP contribution in [0.4, 0.5) is 0 Å². The minimum Gasteiger partial charge on any atom is -0.455 e. The lowest BCUT2D eigenvalue weighted by molar-refractivity contribution is 0.653. The van der Waals surface area contributed by atoms with Gasteiger partial charge in [-0.1, -0.05) is 190 Å². The second-order valence-electron chi connectivity index (χ2n) is 17.1. The van der Waals surface area contributed by atoms with Crippen molar-refractivity contribution in [3.63, 3.8) is 0 Å². The number of fused-ring (bicyclic) bond motifs is 14. The fourth-order valence-corrected chi connectivity index (χ4v) is 10.3. The molecule has 0 amide bonds. The van der Waals surface area contributed by atoms with E-state index in [-0.39, 0.29) is 5.41 Å². The van der Waals surface area contributed by atoms with E-state index in [0.29, 0.717) is 17.5 Å². The molecule has 0 saturated carbocycles. The first-order valence-electron chi connectivity index (χ1n) is 21.3. The smallest absolute Gasteiger partial charge is 0.164 e. The Morgan fingerprint density at radius 1 is 0.371 bits per heavy atom. The number of hydrogen-bond donors (Lipinski definition) is 0. The van der Waals surface area contributed by atoms with Crippen LogP contribution in [0.1, 0.15) is 25.0 Å². The molecule has 1 aliphatic carbocycles. The zero-order valence-corrected chi connectivity index (χ0v) is 34.1. The average molecular weight is 792 g/mol. The molecule has 2 heterocycles. The van der Waals surface area contributed by atoms with Crippen molar-refractivity contribution in [2.24, 2.45) is 0 Å². The molecule has 10 aromatic carbocycles. The van der Waals surface area contributed by atoms with Crippen LogP contribution < -0.4 is 0 Å². The number of benzene rings is 10. The minimum absolute atomic E-state index is 0.274. The number of hydrogen-bond acceptors (Lipinski definition) is 4. The highest BCUT2D eigenvalue weighted by Crippen LogP contribution is 2.54. The summed E-state index contributed by atoms with van der Waals surface area (Å²) < 4.78 is 6.89. The zero-order chi connectivity index (χ0) is 41.1. The van der Waals surface area contributed by atoms with Gasteiger partial charge in [0.2, 0.25) is 0 Å². The lowest BCUT2D eigenvalue weighted by Crippen LogP contribution is -2.15. The van der Waals surface area contributed by atoms with Crippen molar-refractivity contribution in [3.05, 3.63) is 199 Å². The summed E-state index contributed by atoms with van der Waals surface area (Å²) in [6.45, 7) is 4.61. The first-order valence-corrected chi connectivity index (χ1v) is 21.3. The Hall–Kier alpha value is -7.95. The summed E-state index contributed by atoms with van der Waals surface area (Å²) in [6.07, 6.45) is 0. The van der Waals surface area contributed by atoms with E-state index >= 15 is 0 Å². The van der Waals surface area contributed by atoms with Crippen molar-refractivity contribution in [1.82, 2.24) is 15.0 Å². The van der Waals surface area contributed by atoms with E-state index in [9.17, 15) is 0 Å². The van der Waals surface area contributed by atoms with Gasteiger partial charge in [-0.05, 0) is 83.0 Å². The van der Waals surface area contributed by atoms with E-state index in [1.165, 1.54) is 49.0 Å². The fourth-order valence-electron chi connectivity index (χ4n) is 10.3. The van der Waals surface area contributed by atoms with Crippen LogP contribution >= 0.6 is 0 Å². The molecule has 62 heavy (non-hydrogen) atoms. The molecule has 0 aliphatic heterocycles. The van der Waals surface area contributed by atoms with Crippen LogP contribution in [-0.4, -0.2) is 15.0 Å². The number of rotatable bonds is 4. The number of para-hydroxylation sites is 1. The first-order chi connectivity index (χ1) is 30.5. The molecule has 0 unspecified atom stereocenters. The summed E-state index contributed by atoms with van der Waals surface area (Å²) in [5.74, 6) is 1.84. The summed E-state index contributed by atoms with van der Waals surface area (Å²) in [4.78, 5) is 16.3. The monoisotopic (exact) mass is 791 g/mol. The molecule has 12 aromatic rings. The molecular formula is C58H37N3O. The third-order valence-corrected chi connectivity index (χ3v) is 13.3. The quantitative estimate of drug-likeness (QED) is 0.167. The normalized spacial score (nSPS) is 13.1. The van der Waals surface area contributed by atoms with E-state index in [0.717, 1.165) is 66.1 Å². The van der Waals surface area contributed by atoms with Gasteiger partial charge in [-0.3, -0.25) is 0 Å². The molecular weight excluding hydrogens is 755 g/mol. The highest BCUT2D eigenvalue weighted by molar-refractivity contribution is 6.28. The van der Waals surface area contributed by atoms with E-state index in [2.05, 4.69) is 190 Å². The highest BCUT2D eigenvalue weighted by Gasteiger charge is 2.39. The minimum atomic E-state index is -0.274.